The predicted octanol–water partition coefficient (Wildman–Crippen LogP) is 1.07. The smallest absolute Gasteiger partial charge is 0.263 e. The summed E-state index contributed by atoms with van der Waals surface area (Å²) in [5.41, 5.74) is 8.46. The van der Waals surface area contributed by atoms with Crippen molar-refractivity contribution in [2.45, 2.75) is 26.3 Å². The second-order valence-corrected chi connectivity index (χ2v) is 6.58. The van der Waals surface area contributed by atoms with E-state index >= 15 is 0 Å². The van der Waals surface area contributed by atoms with Crippen molar-refractivity contribution in [3.05, 3.63) is 39.8 Å². The lowest BCUT2D eigenvalue weighted by Crippen LogP contribution is -2.46. The van der Waals surface area contributed by atoms with Crippen LogP contribution >= 0.6 is 12.4 Å². The maximum absolute atomic E-state index is 13.0. The Kier molecular flexibility index (Phi) is 5.85. The van der Waals surface area contributed by atoms with E-state index in [-0.39, 0.29) is 24.0 Å². The van der Waals surface area contributed by atoms with E-state index in [2.05, 4.69) is 16.8 Å². The molecule has 1 saturated heterocycles. The first-order valence-electron chi connectivity index (χ1n) is 8.17. The highest BCUT2D eigenvalue weighted by molar-refractivity contribution is 5.85. The number of nitrogens with zero attached hydrogens (tertiary/aromatic N) is 4. The number of nitrogens with two attached hydrogens (primary N) is 1. The molecular formula is C17H26ClN5O. The first kappa shape index (κ1) is 18.7. The topological polar surface area (TPSA) is 66.9 Å². The first-order valence-corrected chi connectivity index (χ1v) is 8.17. The molecule has 3 rings (SSSR count). The monoisotopic (exact) mass is 351 g/mol. The van der Waals surface area contributed by atoms with Gasteiger partial charge in [-0.2, -0.15) is 0 Å². The molecular weight excluding hydrogens is 326 g/mol. The summed E-state index contributed by atoms with van der Waals surface area (Å²) in [7, 11) is 2.12. The Morgan fingerprint density at radius 2 is 1.96 bits per heavy atom. The highest BCUT2D eigenvalue weighted by Crippen LogP contribution is 2.20. The molecule has 1 aliphatic heterocycles. The third-order valence-electron chi connectivity index (χ3n) is 4.45. The van der Waals surface area contributed by atoms with Crippen LogP contribution in [0.2, 0.25) is 0 Å². The second kappa shape index (κ2) is 7.51. The number of hydrogen-bond acceptors (Lipinski definition) is 5. The van der Waals surface area contributed by atoms with Crippen LogP contribution in [0.5, 0.6) is 0 Å². The third-order valence-corrected chi connectivity index (χ3v) is 4.45. The molecule has 2 N–H and O–H groups in total. The Balaban J connectivity index is 0.00000208. The van der Waals surface area contributed by atoms with E-state index in [0.717, 1.165) is 48.8 Å². The molecule has 1 fully saturated rings. The summed E-state index contributed by atoms with van der Waals surface area (Å²) in [6.45, 7) is 7.64. The number of anilines is 1. The van der Waals surface area contributed by atoms with Gasteiger partial charge in [0, 0.05) is 38.4 Å². The molecule has 0 saturated carbocycles. The van der Waals surface area contributed by atoms with Crippen LogP contribution in [0.3, 0.4) is 0 Å². The van der Waals surface area contributed by atoms with Gasteiger partial charge in [-0.3, -0.25) is 9.20 Å². The lowest BCUT2D eigenvalue weighted by atomic mass is 10.1. The van der Waals surface area contributed by atoms with Crippen LogP contribution in [0.1, 0.15) is 18.1 Å². The highest BCUT2D eigenvalue weighted by Gasteiger charge is 2.22. The van der Waals surface area contributed by atoms with Crippen LogP contribution in [0.25, 0.3) is 5.65 Å². The van der Waals surface area contributed by atoms with Gasteiger partial charge in [0.05, 0.1) is 5.56 Å². The quantitative estimate of drug-likeness (QED) is 0.895. The van der Waals surface area contributed by atoms with Crippen LogP contribution in [-0.4, -0.2) is 53.6 Å². The van der Waals surface area contributed by atoms with E-state index in [1.165, 1.54) is 0 Å². The largest absolute Gasteiger partial charge is 0.354 e. The van der Waals surface area contributed by atoms with Gasteiger partial charge in [0.25, 0.3) is 5.56 Å². The molecule has 7 heteroatoms. The summed E-state index contributed by atoms with van der Waals surface area (Å²) in [5.74, 6) is 0.815. The van der Waals surface area contributed by atoms with Gasteiger partial charge in [0.1, 0.15) is 11.5 Å². The van der Waals surface area contributed by atoms with Gasteiger partial charge in [-0.15, -0.1) is 12.4 Å². The van der Waals surface area contributed by atoms with Crippen molar-refractivity contribution in [2.75, 3.05) is 38.1 Å². The van der Waals surface area contributed by atoms with Gasteiger partial charge >= 0.3 is 0 Å². The van der Waals surface area contributed by atoms with Gasteiger partial charge in [-0.25, -0.2) is 4.98 Å². The molecule has 0 aliphatic carbocycles. The normalized spacial score (nSPS) is 16.9. The van der Waals surface area contributed by atoms with Gasteiger partial charge < -0.3 is 15.5 Å². The SMILES string of the molecule is Cc1cccn2c(=O)c(CC(C)N)c(N3CCN(C)CC3)nc12.Cl. The van der Waals surface area contributed by atoms with Gasteiger partial charge in [0.15, 0.2) is 0 Å². The Bertz CT molecular complexity index is 765. The van der Waals surface area contributed by atoms with Crippen molar-refractivity contribution in [1.82, 2.24) is 14.3 Å². The minimum Gasteiger partial charge on any atom is -0.354 e. The van der Waals surface area contributed by atoms with Crippen LogP contribution in [-0.2, 0) is 6.42 Å². The number of halogens is 1. The summed E-state index contributed by atoms with van der Waals surface area (Å²) in [6, 6.07) is 3.80. The summed E-state index contributed by atoms with van der Waals surface area (Å²) in [6.07, 6.45) is 2.33. The Labute approximate surface area is 148 Å². The lowest BCUT2D eigenvalue weighted by Gasteiger charge is -2.34. The molecule has 0 amide bonds. The lowest BCUT2D eigenvalue weighted by molar-refractivity contribution is 0.311. The number of piperazine rings is 1. The molecule has 1 unspecified atom stereocenters. The van der Waals surface area contributed by atoms with E-state index in [4.69, 9.17) is 10.7 Å². The number of pyridine rings is 1. The molecule has 2 aromatic heterocycles. The van der Waals surface area contributed by atoms with E-state index in [1.54, 1.807) is 10.6 Å². The van der Waals surface area contributed by atoms with Gasteiger partial charge in [0.2, 0.25) is 0 Å². The molecule has 0 aromatic carbocycles. The van der Waals surface area contributed by atoms with Crippen molar-refractivity contribution in [3.8, 4) is 0 Å². The molecule has 0 spiro atoms. The molecule has 132 valence electrons. The Hall–Kier alpha value is -1.63. The van der Waals surface area contributed by atoms with E-state index in [0.29, 0.717) is 6.42 Å². The van der Waals surface area contributed by atoms with Crippen LogP contribution in [0, 0.1) is 6.92 Å². The molecule has 3 heterocycles. The zero-order valence-corrected chi connectivity index (χ0v) is 15.3. The number of rotatable bonds is 3. The second-order valence-electron chi connectivity index (χ2n) is 6.58. The predicted molar refractivity (Wildman–Crippen MR) is 101 cm³/mol. The van der Waals surface area contributed by atoms with E-state index in [1.807, 2.05) is 26.0 Å². The zero-order chi connectivity index (χ0) is 16.6. The number of aryl methyl sites for hydroxylation is 1. The number of hydrogen-bond donors (Lipinski definition) is 1. The standard InChI is InChI=1S/C17H25N5O.ClH/c1-12-5-4-6-22-15(12)19-16(14(17(22)23)11-13(2)18)21-9-7-20(3)8-10-21;/h4-6,13H,7-11,18H2,1-3H3;1H. The van der Waals surface area contributed by atoms with Crippen molar-refractivity contribution >= 4 is 23.9 Å². The number of fused-ring (bicyclic) bond motifs is 1. The molecule has 1 atom stereocenters. The minimum absolute atomic E-state index is 0. The fraction of sp³-hybridized carbons (Fsp3) is 0.529. The van der Waals surface area contributed by atoms with Gasteiger partial charge in [-0.1, -0.05) is 6.07 Å². The van der Waals surface area contributed by atoms with E-state index in [9.17, 15) is 4.79 Å². The molecule has 24 heavy (non-hydrogen) atoms. The zero-order valence-electron chi connectivity index (χ0n) is 14.5. The summed E-state index contributed by atoms with van der Waals surface area (Å²) < 4.78 is 1.65. The molecule has 1 aliphatic rings. The van der Waals surface area contributed by atoms with E-state index < -0.39 is 0 Å². The molecule has 0 bridgehead atoms. The van der Waals surface area contributed by atoms with Crippen LogP contribution < -0.4 is 16.2 Å². The van der Waals surface area contributed by atoms with Crippen LogP contribution in [0.15, 0.2) is 23.1 Å². The average Bonchev–Trinajstić information content (AvgIpc) is 2.51. The van der Waals surface area contributed by atoms with Gasteiger partial charge in [-0.05, 0) is 38.9 Å². The van der Waals surface area contributed by atoms with Crippen molar-refractivity contribution in [1.29, 1.82) is 0 Å². The fourth-order valence-electron chi connectivity index (χ4n) is 3.10. The summed E-state index contributed by atoms with van der Waals surface area (Å²) in [4.78, 5) is 22.3. The summed E-state index contributed by atoms with van der Waals surface area (Å²) in [5, 5.41) is 0. The number of likely N-dealkylation sites (N-methyl/N-ethyl adjacent to an activating group) is 1. The van der Waals surface area contributed by atoms with Crippen LogP contribution in [0.4, 0.5) is 5.82 Å². The molecule has 2 aromatic rings. The fourth-order valence-corrected chi connectivity index (χ4v) is 3.10. The summed E-state index contributed by atoms with van der Waals surface area (Å²) >= 11 is 0. The highest BCUT2D eigenvalue weighted by atomic mass is 35.5. The molecule has 0 radical (unpaired) electrons. The van der Waals surface area contributed by atoms with Crippen molar-refractivity contribution in [2.24, 2.45) is 5.73 Å². The maximum Gasteiger partial charge on any atom is 0.263 e. The average molecular weight is 352 g/mol. The maximum atomic E-state index is 13.0. The minimum atomic E-state index is -0.0708. The number of aromatic nitrogens is 2. The van der Waals surface area contributed by atoms with Crippen molar-refractivity contribution in [3.63, 3.8) is 0 Å². The first-order chi connectivity index (χ1) is 11.0. The Morgan fingerprint density at radius 1 is 1.29 bits per heavy atom. The third kappa shape index (κ3) is 3.55. The Morgan fingerprint density at radius 3 is 2.58 bits per heavy atom. The molecule has 6 nitrogen and oxygen atoms in total. The van der Waals surface area contributed by atoms with Crippen molar-refractivity contribution < 1.29 is 0 Å².